The Morgan fingerprint density at radius 3 is 2.09 bits per heavy atom. The Kier molecular flexibility index (Phi) is 16.4. The van der Waals surface area contributed by atoms with Crippen LogP contribution in [-0.4, -0.2) is 64.2 Å². The van der Waals surface area contributed by atoms with Gasteiger partial charge in [-0.1, -0.05) is 64.3 Å². The topological polar surface area (TPSA) is 91.1 Å². The van der Waals surface area contributed by atoms with Crippen molar-refractivity contribution < 1.29 is 19.5 Å². The number of carbonyl (C=O) groups is 3. The van der Waals surface area contributed by atoms with Crippen LogP contribution in [0.15, 0.2) is 48.7 Å². The smallest absolute Gasteiger partial charge is 0.304 e. The van der Waals surface area contributed by atoms with Gasteiger partial charge >= 0.3 is 5.97 Å². The zero-order chi connectivity index (χ0) is 31.2. The van der Waals surface area contributed by atoms with Crippen LogP contribution in [0.2, 0.25) is 0 Å². The zero-order valence-electron chi connectivity index (χ0n) is 27.1. The average molecular weight is 626 g/mol. The first kappa shape index (κ1) is 37.2. The van der Waals surface area contributed by atoms with Gasteiger partial charge in [0.05, 0.1) is 18.2 Å². The number of carboxylic acids is 1. The third-order valence-electron chi connectivity index (χ3n) is 8.15. The van der Waals surface area contributed by atoms with Gasteiger partial charge in [-0.05, 0) is 94.4 Å². The van der Waals surface area contributed by atoms with E-state index in [9.17, 15) is 14.4 Å². The third-order valence-corrected chi connectivity index (χ3v) is 8.15. The lowest BCUT2D eigenvalue weighted by atomic mass is 10.00. The van der Waals surface area contributed by atoms with E-state index in [1.54, 1.807) is 13.0 Å². The number of halogens is 1. The van der Waals surface area contributed by atoms with Crippen molar-refractivity contribution in [3.05, 3.63) is 76.6 Å². The van der Waals surface area contributed by atoms with Crippen LogP contribution >= 0.6 is 12.4 Å². The minimum absolute atomic E-state index is 0. The molecule has 2 N–H and O–H groups in total. The zero-order valence-corrected chi connectivity index (χ0v) is 27.9. The van der Waals surface area contributed by atoms with Crippen molar-refractivity contribution in [1.29, 1.82) is 0 Å². The number of aliphatic carboxylic acids is 1. The second kappa shape index (κ2) is 19.4. The lowest BCUT2D eigenvalue weighted by molar-refractivity contribution is -0.136. The normalized spacial score (nSPS) is 11.9. The molecule has 8 heteroatoms. The minimum atomic E-state index is -0.903. The quantitative estimate of drug-likeness (QED) is 0.120. The van der Waals surface area contributed by atoms with Gasteiger partial charge in [-0.25, -0.2) is 0 Å². The molecule has 0 saturated heterocycles. The molecule has 0 aliphatic carbocycles. The Morgan fingerprint density at radius 2 is 1.48 bits per heavy atom. The first-order chi connectivity index (χ1) is 20.8. The van der Waals surface area contributed by atoms with Crippen LogP contribution in [0.25, 0.3) is 5.52 Å². The second-order valence-corrected chi connectivity index (χ2v) is 11.7. The molecule has 0 aliphatic rings. The molecule has 1 atom stereocenters. The number of hydrogen-bond donors (Lipinski definition) is 2. The van der Waals surface area contributed by atoms with Crippen LogP contribution < -0.4 is 5.32 Å². The number of aryl methyl sites for hydroxylation is 2. The maximum Gasteiger partial charge on any atom is 0.304 e. The Bertz CT molecular complexity index is 1330. The van der Waals surface area contributed by atoms with Gasteiger partial charge in [0, 0.05) is 29.4 Å². The molecule has 0 bridgehead atoms. The van der Waals surface area contributed by atoms with Crippen molar-refractivity contribution in [3.8, 4) is 0 Å². The van der Waals surface area contributed by atoms with Crippen molar-refractivity contribution in [2.75, 3.05) is 26.2 Å². The highest BCUT2D eigenvalue weighted by molar-refractivity contribution is 6.10. The number of rotatable bonds is 21. The molecule has 0 aliphatic heterocycles. The number of unbranched alkanes of at least 4 members (excludes halogenated alkanes) is 3. The summed E-state index contributed by atoms with van der Waals surface area (Å²) in [5, 5.41) is 11.9. The number of nitrogens with zero attached hydrogens (tertiary/aromatic N) is 2. The molecule has 0 spiro atoms. The van der Waals surface area contributed by atoms with Gasteiger partial charge in [-0.15, -0.1) is 12.4 Å². The summed E-state index contributed by atoms with van der Waals surface area (Å²) in [5.74, 6) is -1.02. The summed E-state index contributed by atoms with van der Waals surface area (Å²) in [4.78, 5) is 40.3. The molecule has 2 aromatic heterocycles. The van der Waals surface area contributed by atoms with E-state index in [0.717, 1.165) is 49.7 Å². The molecular weight excluding hydrogens is 574 g/mol. The molecule has 0 fully saturated rings. The summed E-state index contributed by atoms with van der Waals surface area (Å²) in [5.41, 5.74) is 4.92. The van der Waals surface area contributed by atoms with Gasteiger partial charge in [0.25, 0.3) is 0 Å². The van der Waals surface area contributed by atoms with Gasteiger partial charge in [0.1, 0.15) is 0 Å². The highest BCUT2D eigenvalue weighted by atomic mass is 35.5. The summed E-state index contributed by atoms with van der Waals surface area (Å²) in [6, 6.07) is 13.2. The molecule has 1 unspecified atom stereocenters. The Hall–Kier alpha value is -3.00. The lowest BCUT2D eigenvalue weighted by Crippen LogP contribution is -2.35. The molecule has 1 aromatic carbocycles. The molecule has 3 aromatic rings. The maximum atomic E-state index is 13.9. The SMILES string of the molecule is CCCCc1cc2cc(C(=O)C(C)NCCC(=O)O)ccn2c1C(=O)c1ccc(CCCN(CCCC)CCCC)cc1.Cl. The number of hydrogen-bond acceptors (Lipinski definition) is 5. The fourth-order valence-electron chi connectivity index (χ4n) is 5.50. The van der Waals surface area contributed by atoms with E-state index < -0.39 is 12.0 Å². The highest BCUT2D eigenvalue weighted by Gasteiger charge is 2.21. The summed E-state index contributed by atoms with van der Waals surface area (Å²) in [7, 11) is 0. The second-order valence-electron chi connectivity index (χ2n) is 11.7. The number of fused-ring (bicyclic) bond motifs is 1. The van der Waals surface area contributed by atoms with E-state index in [-0.39, 0.29) is 36.9 Å². The minimum Gasteiger partial charge on any atom is -0.481 e. The van der Waals surface area contributed by atoms with E-state index in [0.29, 0.717) is 16.8 Å². The molecule has 7 nitrogen and oxygen atoms in total. The van der Waals surface area contributed by atoms with E-state index in [1.165, 1.54) is 44.3 Å². The number of aromatic nitrogens is 1. The number of ketones is 2. The predicted molar refractivity (Wildman–Crippen MR) is 182 cm³/mol. The van der Waals surface area contributed by atoms with Crippen LogP contribution in [-0.2, 0) is 17.6 Å². The first-order valence-corrected chi connectivity index (χ1v) is 16.3. The number of carbonyl (C=O) groups excluding carboxylic acids is 2. The van der Waals surface area contributed by atoms with Crippen molar-refractivity contribution in [2.45, 2.75) is 97.9 Å². The summed E-state index contributed by atoms with van der Waals surface area (Å²) in [6.45, 7) is 12.1. The molecule has 2 heterocycles. The molecule has 242 valence electrons. The molecule has 0 saturated carbocycles. The first-order valence-electron chi connectivity index (χ1n) is 16.3. The summed E-state index contributed by atoms with van der Waals surface area (Å²) in [6.07, 6.45) is 11.6. The van der Waals surface area contributed by atoms with Crippen LogP contribution in [0.5, 0.6) is 0 Å². The maximum absolute atomic E-state index is 13.9. The molecular formula is C36H52ClN3O4. The third kappa shape index (κ3) is 10.9. The monoisotopic (exact) mass is 625 g/mol. The lowest BCUT2D eigenvalue weighted by Gasteiger charge is -2.21. The van der Waals surface area contributed by atoms with Gasteiger partial charge in [0.15, 0.2) is 5.78 Å². The fraction of sp³-hybridized carbons (Fsp3) is 0.528. The molecule has 44 heavy (non-hydrogen) atoms. The average Bonchev–Trinajstić information content (AvgIpc) is 3.37. The van der Waals surface area contributed by atoms with Crippen molar-refractivity contribution in [1.82, 2.24) is 14.6 Å². The molecule has 0 amide bonds. The predicted octanol–water partition coefficient (Wildman–Crippen LogP) is 7.41. The summed E-state index contributed by atoms with van der Waals surface area (Å²) < 4.78 is 1.90. The van der Waals surface area contributed by atoms with E-state index in [2.05, 4.69) is 43.1 Å². The van der Waals surface area contributed by atoms with E-state index in [1.807, 2.05) is 34.9 Å². The van der Waals surface area contributed by atoms with E-state index >= 15 is 0 Å². The van der Waals surface area contributed by atoms with Crippen molar-refractivity contribution >= 4 is 35.5 Å². The fourth-order valence-corrected chi connectivity index (χ4v) is 5.50. The number of Topliss-reactive ketones (excluding diaryl/α,β-unsaturated/α-hetero) is 1. The van der Waals surface area contributed by atoms with Crippen LogP contribution in [0.4, 0.5) is 0 Å². The Labute approximate surface area is 269 Å². The van der Waals surface area contributed by atoms with Gasteiger partial charge in [-0.3, -0.25) is 14.4 Å². The standard InChI is InChI=1S/C36H51N3O4.ClH/c1-5-8-13-30-25-32-26-31(35(42)27(4)37-20-18-33(40)41)19-24-39(32)34(30)36(43)29-16-14-28(15-17-29)12-11-23-38(21-9-6-2)22-10-7-3;/h14-17,19,24-27,37H,5-13,18,20-23H2,1-4H3,(H,40,41);1H. The number of benzene rings is 1. The van der Waals surface area contributed by atoms with Crippen molar-refractivity contribution in [3.63, 3.8) is 0 Å². The molecule has 3 rings (SSSR count). The number of pyridine rings is 1. The van der Waals surface area contributed by atoms with Crippen LogP contribution in [0, 0.1) is 0 Å². The van der Waals surface area contributed by atoms with Crippen molar-refractivity contribution in [2.24, 2.45) is 0 Å². The highest BCUT2D eigenvalue weighted by Crippen LogP contribution is 2.24. The van der Waals surface area contributed by atoms with Gasteiger partial charge in [-0.2, -0.15) is 0 Å². The Balaban J connectivity index is 0.00000675. The number of carboxylic acid groups (broad SMARTS) is 1. The molecule has 0 radical (unpaired) electrons. The van der Waals surface area contributed by atoms with Crippen LogP contribution in [0.3, 0.4) is 0 Å². The van der Waals surface area contributed by atoms with Gasteiger partial charge < -0.3 is 19.7 Å². The van der Waals surface area contributed by atoms with E-state index in [4.69, 9.17) is 5.11 Å². The largest absolute Gasteiger partial charge is 0.481 e. The number of nitrogens with one attached hydrogen (secondary N) is 1. The van der Waals surface area contributed by atoms with Gasteiger partial charge in [0.2, 0.25) is 5.78 Å². The Morgan fingerprint density at radius 1 is 0.841 bits per heavy atom. The van der Waals surface area contributed by atoms with Crippen LogP contribution in [0.1, 0.15) is 117 Å². The summed E-state index contributed by atoms with van der Waals surface area (Å²) >= 11 is 0.